The summed E-state index contributed by atoms with van der Waals surface area (Å²) in [7, 11) is 0. The second-order valence-corrected chi connectivity index (χ2v) is 4.84. The zero-order valence-electron chi connectivity index (χ0n) is 8.87. The first-order chi connectivity index (χ1) is 8.49. The second kappa shape index (κ2) is 6.28. The SMILES string of the molecule is N#C/C(=N\Nc1c(Br)cc(Br)cc1C=O)C(=N)N. The molecule has 0 aliphatic rings. The van der Waals surface area contributed by atoms with Crippen molar-refractivity contribution in [2.75, 3.05) is 5.43 Å². The van der Waals surface area contributed by atoms with E-state index in [1.807, 2.05) is 0 Å². The molecule has 0 saturated heterocycles. The van der Waals surface area contributed by atoms with Crippen LogP contribution in [0.4, 0.5) is 5.69 Å². The molecule has 0 unspecified atom stereocenters. The van der Waals surface area contributed by atoms with Gasteiger partial charge in [0.2, 0.25) is 5.71 Å². The lowest BCUT2D eigenvalue weighted by Crippen LogP contribution is -2.22. The van der Waals surface area contributed by atoms with Crippen molar-refractivity contribution in [2.24, 2.45) is 10.8 Å². The fourth-order valence-electron chi connectivity index (χ4n) is 1.06. The minimum atomic E-state index is -0.453. The van der Waals surface area contributed by atoms with Crippen molar-refractivity contribution in [1.82, 2.24) is 0 Å². The van der Waals surface area contributed by atoms with E-state index in [0.29, 0.717) is 22.0 Å². The van der Waals surface area contributed by atoms with E-state index in [-0.39, 0.29) is 5.71 Å². The number of halogens is 2. The third kappa shape index (κ3) is 3.38. The summed E-state index contributed by atoms with van der Waals surface area (Å²) in [5.41, 5.74) is 8.16. The summed E-state index contributed by atoms with van der Waals surface area (Å²) in [5.74, 6) is -0.453. The molecular formula is C10H7Br2N5O. The molecule has 1 aromatic carbocycles. The molecule has 0 aromatic heterocycles. The fraction of sp³-hybridized carbons (Fsp3) is 0. The van der Waals surface area contributed by atoms with Gasteiger partial charge in [-0.2, -0.15) is 10.4 Å². The summed E-state index contributed by atoms with van der Waals surface area (Å²) in [4.78, 5) is 10.9. The van der Waals surface area contributed by atoms with Crippen LogP contribution in [-0.2, 0) is 0 Å². The number of rotatable bonds is 4. The van der Waals surface area contributed by atoms with Gasteiger partial charge in [0.25, 0.3) is 0 Å². The Labute approximate surface area is 120 Å². The van der Waals surface area contributed by atoms with Crippen LogP contribution >= 0.6 is 31.9 Å². The van der Waals surface area contributed by atoms with E-state index in [1.54, 1.807) is 18.2 Å². The molecule has 6 nitrogen and oxygen atoms in total. The Balaban J connectivity index is 3.16. The summed E-state index contributed by atoms with van der Waals surface area (Å²) in [6.45, 7) is 0. The Hall–Kier alpha value is -1.72. The predicted octanol–water partition coefficient (Wildman–Crippen LogP) is 2.25. The van der Waals surface area contributed by atoms with Gasteiger partial charge in [-0.3, -0.25) is 15.6 Å². The van der Waals surface area contributed by atoms with Gasteiger partial charge in [0, 0.05) is 14.5 Å². The maximum Gasteiger partial charge on any atom is 0.201 e. The molecule has 4 N–H and O–H groups in total. The van der Waals surface area contributed by atoms with Crippen molar-refractivity contribution < 1.29 is 4.79 Å². The average molecular weight is 373 g/mol. The number of anilines is 1. The first-order valence-electron chi connectivity index (χ1n) is 4.52. The number of benzene rings is 1. The number of hydrogen-bond donors (Lipinski definition) is 3. The van der Waals surface area contributed by atoms with Crippen LogP contribution in [-0.4, -0.2) is 17.8 Å². The van der Waals surface area contributed by atoms with E-state index in [0.717, 1.165) is 4.47 Å². The summed E-state index contributed by atoms with van der Waals surface area (Å²) >= 11 is 6.51. The molecule has 8 heteroatoms. The van der Waals surface area contributed by atoms with Crippen LogP contribution < -0.4 is 11.2 Å². The van der Waals surface area contributed by atoms with E-state index in [4.69, 9.17) is 16.4 Å². The molecule has 0 spiro atoms. The molecule has 0 saturated carbocycles. The number of nitrogens with zero attached hydrogens (tertiary/aromatic N) is 2. The molecule has 18 heavy (non-hydrogen) atoms. The zero-order chi connectivity index (χ0) is 13.7. The Morgan fingerprint density at radius 1 is 1.56 bits per heavy atom. The number of hydrogen-bond acceptors (Lipinski definition) is 5. The van der Waals surface area contributed by atoms with Gasteiger partial charge < -0.3 is 5.73 Å². The van der Waals surface area contributed by atoms with Crippen molar-refractivity contribution in [1.29, 1.82) is 10.7 Å². The first kappa shape index (κ1) is 14.3. The van der Waals surface area contributed by atoms with Crippen molar-refractivity contribution >= 4 is 55.4 Å². The maximum absolute atomic E-state index is 10.9. The van der Waals surface area contributed by atoms with Crippen molar-refractivity contribution in [3.05, 3.63) is 26.6 Å². The minimum absolute atomic E-state index is 0.262. The smallest absolute Gasteiger partial charge is 0.201 e. The summed E-state index contributed by atoms with van der Waals surface area (Å²) in [5, 5.41) is 19.4. The molecule has 0 heterocycles. The molecule has 0 radical (unpaired) electrons. The summed E-state index contributed by atoms with van der Waals surface area (Å²) in [6.07, 6.45) is 0.646. The van der Waals surface area contributed by atoms with Gasteiger partial charge in [-0.15, -0.1) is 0 Å². The van der Waals surface area contributed by atoms with Crippen LogP contribution in [0.1, 0.15) is 10.4 Å². The van der Waals surface area contributed by atoms with Gasteiger partial charge in [0.1, 0.15) is 6.07 Å². The lowest BCUT2D eigenvalue weighted by atomic mass is 10.2. The molecule has 1 rings (SSSR count). The number of aldehydes is 1. The number of nitrogens with one attached hydrogen (secondary N) is 2. The van der Waals surface area contributed by atoms with Gasteiger partial charge in [-0.25, -0.2) is 0 Å². The molecule has 1 aromatic rings. The van der Waals surface area contributed by atoms with E-state index in [2.05, 4.69) is 42.4 Å². The van der Waals surface area contributed by atoms with Gasteiger partial charge in [-0.05, 0) is 28.1 Å². The highest BCUT2D eigenvalue weighted by molar-refractivity contribution is 9.11. The molecule has 92 valence electrons. The maximum atomic E-state index is 10.9. The molecule has 0 atom stereocenters. The van der Waals surface area contributed by atoms with Crippen LogP contribution in [0.25, 0.3) is 0 Å². The number of nitriles is 1. The molecule has 0 bridgehead atoms. The Morgan fingerprint density at radius 3 is 2.72 bits per heavy atom. The quantitative estimate of drug-likeness (QED) is 0.325. The van der Waals surface area contributed by atoms with Crippen LogP contribution in [0.5, 0.6) is 0 Å². The standard InChI is InChI=1S/C10H7Br2N5O/c11-6-1-5(4-18)9(7(12)2-6)17-16-8(3-13)10(14)15/h1-2,4,17H,(H3,14,15)/b16-8+. The van der Waals surface area contributed by atoms with Gasteiger partial charge in [0.05, 0.1) is 5.69 Å². The van der Waals surface area contributed by atoms with Gasteiger partial charge >= 0.3 is 0 Å². The van der Waals surface area contributed by atoms with Crippen LogP contribution in [0.2, 0.25) is 0 Å². The van der Waals surface area contributed by atoms with Crippen molar-refractivity contribution in [3.8, 4) is 6.07 Å². The van der Waals surface area contributed by atoms with E-state index < -0.39 is 5.84 Å². The highest BCUT2D eigenvalue weighted by atomic mass is 79.9. The molecule has 0 aliphatic carbocycles. The predicted molar refractivity (Wildman–Crippen MR) is 75.8 cm³/mol. The Morgan fingerprint density at radius 2 is 2.22 bits per heavy atom. The normalized spacial score (nSPS) is 10.6. The number of hydrazone groups is 1. The second-order valence-electron chi connectivity index (χ2n) is 3.07. The first-order valence-corrected chi connectivity index (χ1v) is 6.10. The van der Waals surface area contributed by atoms with Crippen LogP contribution in [0.3, 0.4) is 0 Å². The van der Waals surface area contributed by atoms with Crippen molar-refractivity contribution in [2.45, 2.75) is 0 Å². The highest BCUT2D eigenvalue weighted by Crippen LogP contribution is 2.29. The van der Waals surface area contributed by atoms with Crippen LogP contribution in [0, 0.1) is 16.7 Å². The van der Waals surface area contributed by atoms with Gasteiger partial charge in [0.15, 0.2) is 12.1 Å². The third-order valence-electron chi connectivity index (χ3n) is 1.85. The van der Waals surface area contributed by atoms with E-state index in [9.17, 15) is 4.79 Å². The monoisotopic (exact) mass is 371 g/mol. The van der Waals surface area contributed by atoms with E-state index >= 15 is 0 Å². The molecule has 0 aliphatic heterocycles. The van der Waals surface area contributed by atoms with Crippen LogP contribution in [0.15, 0.2) is 26.2 Å². The zero-order valence-corrected chi connectivity index (χ0v) is 12.0. The van der Waals surface area contributed by atoms with E-state index in [1.165, 1.54) is 0 Å². The number of carbonyl (C=O) groups is 1. The Bertz CT molecular complexity index is 576. The largest absolute Gasteiger partial charge is 0.382 e. The molecule has 0 amide bonds. The molecular weight excluding hydrogens is 366 g/mol. The average Bonchev–Trinajstić information content (AvgIpc) is 2.31. The van der Waals surface area contributed by atoms with Crippen molar-refractivity contribution in [3.63, 3.8) is 0 Å². The number of amidine groups is 1. The van der Waals surface area contributed by atoms with Gasteiger partial charge in [-0.1, -0.05) is 15.9 Å². The number of carbonyl (C=O) groups excluding carboxylic acids is 1. The Kier molecular flexibility index (Phi) is 5.00. The summed E-state index contributed by atoms with van der Waals surface area (Å²) in [6, 6.07) is 4.97. The third-order valence-corrected chi connectivity index (χ3v) is 2.94. The molecule has 0 fully saturated rings. The highest BCUT2D eigenvalue weighted by Gasteiger charge is 2.09. The fourth-order valence-corrected chi connectivity index (χ4v) is 2.41. The summed E-state index contributed by atoms with van der Waals surface area (Å²) < 4.78 is 1.31. The lowest BCUT2D eigenvalue weighted by molar-refractivity contribution is 0.112. The topological polar surface area (TPSA) is 115 Å². The number of nitrogens with two attached hydrogens (primary N) is 1. The minimum Gasteiger partial charge on any atom is -0.382 e. The lowest BCUT2D eigenvalue weighted by Gasteiger charge is -2.07.